The molecule has 0 unspecified atom stereocenters. The fraction of sp³-hybridized carbons (Fsp3) is 0.500. The summed E-state index contributed by atoms with van der Waals surface area (Å²) in [5.41, 5.74) is 1.24. The zero-order valence-corrected chi connectivity index (χ0v) is 12.3. The summed E-state index contributed by atoms with van der Waals surface area (Å²) >= 11 is 1.67. The van der Waals surface area contributed by atoms with Crippen LogP contribution in [-0.2, 0) is 24.2 Å². The van der Waals surface area contributed by atoms with Crippen LogP contribution < -0.4 is 5.32 Å². The maximum atomic E-state index is 12.0. The van der Waals surface area contributed by atoms with Crippen LogP contribution in [0.25, 0.3) is 0 Å². The van der Waals surface area contributed by atoms with Crippen LogP contribution in [0.1, 0.15) is 30.1 Å². The molecular formula is C14H18N4OS. The number of hydrogen-bond acceptors (Lipinski definition) is 4. The quantitative estimate of drug-likeness (QED) is 0.932. The number of rotatable bonds is 4. The average Bonchev–Trinajstić information content (AvgIpc) is 3.07. The van der Waals surface area contributed by atoms with Crippen LogP contribution >= 0.6 is 11.3 Å². The highest BCUT2D eigenvalue weighted by Gasteiger charge is 2.22. The normalized spacial score (nSPS) is 17.8. The van der Waals surface area contributed by atoms with E-state index in [1.54, 1.807) is 11.3 Å². The Bertz CT molecular complexity index is 590. The highest BCUT2D eigenvalue weighted by atomic mass is 32.1. The van der Waals surface area contributed by atoms with E-state index in [9.17, 15) is 4.79 Å². The van der Waals surface area contributed by atoms with Crippen molar-refractivity contribution in [3.8, 4) is 0 Å². The number of thiophene rings is 1. The summed E-state index contributed by atoms with van der Waals surface area (Å²) in [6.07, 6.45) is 3.21. The Morgan fingerprint density at radius 3 is 3.25 bits per heavy atom. The molecule has 1 atom stereocenters. The molecule has 0 bridgehead atoms. The molecule has 2 aromatic rings. The van der Waals surface area contributed by atoms with E-state index in [-0.39, 0.29) is 11.9 Å². The van der Waals surface area contributed by atoms with Gasteiger partial charge in [0.15, 0.2) is 0 Å². The zero-order valence-electron chi connectivity index (χ0n) is 11.5. The van der Waals surface area contributed by atoms with Gasteiger partial charge in [0.05, 0.1) is 0 Å². The lowest BCUT2D eigenvalue weighted by molar-refractivity contribution is -0.122. The van der Waals surface area contributed by atoms with Gasteiger partial charge in [0.25, 0.3) is 0 Å². The van der Waals surface area contributed by atoms with Crippen LogP contribution in [0, 0.1) is 6.92 Å². The van der Waals surface area contributed by atoms with Crippen molar-refractivity contribution in [2.75, 3.05) is 0 Å². The van der Waals surface area contributed by atoms with Gasteiger partial charge in [0, 0.05) is 25.4 Å². The number of amides is 1. The Kier molecular flexibility index (Phi) is 3.82. The summed E-state index contributed by atoms with van der Waals surface area (Å²) in [6, 6.07) is 2.28. The first-order chi connectivity index (χ1) is 9.72. The smallest absolute Gasteiger partial charge is 0.220 e. The third-order valence-electron chi connectivity index (χ3n) is 3.72. The van der Waals surface area contributed by atoms with E-state index < -0.39 is 0 Å². The van der Waals surface area contributed by atoms with Crippen LogP contribution in [0.15, 0.2) is 16.8 Å². The van der Waals surface area contributed by atoms with Crippen LogP contribution in [0.5, 0.6) is 0 Å². The number of hydrogen-bond donors (Lipinski definition) is 1. The predicted octanol–water partition coefficient (Wildman–Crippen LogP) is 1.71. The molecule has 1 N–H and O–H groups in total. The van der Waals surface area contributed by atoms with Crippen molar-refractivity contribution in [1.82, 2.24) is 20.1 Å². The molecule has 2 aromatic heterocycles. The molecule has 0 saturated heterocycles. The van der Waals surface area contributed by atoms with Crippen molar-refractivity contribution >= 4 is 17.2 Å². The van der Waals surface area contributed by atoms with Gasteiger partial charge in [-0.25, -0.2) is 0 Å². The second-order valence-electron chi connectivity index (χ2n) is 5.21. The van der Waals surface area contributed by atoms with Gasteiger partial charge in [-0.05, 0) is 42.2 Å². The van der Waals surface area contributed by atoms with E-state index >= 15 is 0 Å². The molecule has 0 radical (unpaired) electrons. The molecule has 3 rings (SSSR count). The van der Waals surface area contributed by atoms with E-state index in [4.69, 9.17) is 0 Å². The number of fused-ring (bicyclic) bond motifs is 1. The second kappa shape index (κ2) is 5.75. The van der Waals surface area contributed by atoms with E-state index in [0.717, 1.165) is 37.5 Å². The van der Waals surface area contributed by atoms with Gasteiger partial charge >= 0.3 is 0 Å². The van der Waals surface area contributed by atoms with Crippen molar-refractivity contribution in [2.24, 2.45) is 0 Å². The Hall–Kier alpha value is -1.69. The number of aromatic nitrogens is 3. The highest BCUT2D eigenvalue weighted by Crippen LogP contribution is 2.15. The number of nitrogens with one attached hydrogen (secondary N) is 1. The van der Waals surface area contributed by atoms with Gasteiger partial charge in [-0.3, -0.25) is 4.79 Å². The molecule has 5 nitrogen and oxygen atoms in total. The van der Waals surface area contributed by atoms with Gasteiger partial charge in [-0.1, -0.05) is 0 Å². The summed E-state index contributed by atoms with van der Waals surface area (Å²) < 4.78 is 2.10. The van der Waals surface area contributed by atoms with E-state index in [1.165, 1.54) is 5.56 Å². The Labute approximate surface area is 122 Å². The monoisotopic (exact) mass is 290 g/mol. The Morgan fingerprint density at radius 2 is 2.45 bits per heavy atom. The first-order valence-corrected chi connectivity index (χ1v) is 7.86. The lowest BCUT2D eigenvalue weighted by Gasteiger charge is -2.24. The molecule has 106 valence electrons. The molecule has 0 aromatic carbocycles. The summed E-state index contributed by atoms with van der Waals surface area (Å²) in [6.45, 7) is 2.75. The van der Waals surface area contributed by atoms with Crippen molar-refractivity contribution in [2.45, 2.75) is 45.2 Å². The van der Waals surface area contributed by atoms with Gasteiger partial charge in [-0.15, -0.1) is 10.2 Å². The summed E-state index contributed by atoms with van der Waals surface area (Å²) in [4.78, 5) is 12.0. The van der Waals surface area contributed by atoms with Crippen LogP contribution in [0.4, 0.5) is 0 Å². The molecule has 0 spiro atoms. The fourth-order valence-electron chi connectivity index (χ4n) is 2.57. The zero-order chi connectivity index (χ0) is 13.9. The summed E-state index contributed by atoms with van der Waals surface area (Å²) in [5.74, 6) is 2.10. The van der Waals surface area contributed by atoms with E-state index in [2.05, 4.69) is 31.5 Å². The minimum Gasteiger partial charge on any atom is -0.352 e. The van der Waals surface area contributed by atoms with Crippen molar-refractivity contribution in [3.63, 3.8) is 0 Å². The topological polar surface area (TPSA) is 59.8 Å². The molecule has 0 fully saturated rings. The van der Waals surface area contributed by atoms with Gasteiger partial charge in [0.1, 0.15) is 11.6 Å². The maximum Gasteiger partial charge on any atom is 0.220 e. The predicted molar refractivity (Wildman–Crippen MR) is 77.7 cm³/mol. The Morgan fingerprint density at radius 1 is 1.55 bits per heavy atom. The van der Waals surface area contributed by atoms with Crippen LogP contribution in [-0.4, -0.2) is 26.7 Å². The second-order valence-corrected chi connectivity index (χ2v) is 5.99. The van der Waals surface area contributed by atoms with Crippen molar-refractivity contribution < 1.29 is 4.79 Å². The lowest BCUT2D eigenvalue weighted by Crippen LogP contribution is -2.41. The minimum atomic E-state index is 0.135. The molecule has 6 heteroatoms. The number of aryl methyl sites for hydroxylation is 3. The molecule has 1 aliphatic rings. The average molecular weight is 290 g/mol. The summed E-state index contributed by atoms with van der Waals surface area (Å²) in [7, 11) is 0. The SMILES string of the molecule is Cc1nnc2n1C[C@@H](NC(=O)CCc1ccsc1)CC2. The third-order valence-corrected chi connectivity index (χ3v) is 4.45. The number of carbonyl (C=O) groups is 1. The van der Waals surface area contributed by atoms with Gasteiger partial charge in [-0.2, -0.15) is 11.3 Å². The molecule has 20 heavy (non-hydrogen) atoms. The molecule has 1 amide bonds. The fourth-order valence-corrected chi connectivity index (χ4v) is 3.28. The molecule has 0 aliphatic carbocycles. The lowest BCUT2D eigenvalue weighted by atomic mass is 10.1. The van der Waals surface area contributed by atoms with Crippen LogP contribution in [0.2, 0.25) is 0 Å². The summed E-state index contributed by atoms with van der Waals surface area (Å²) in [5, 5.41) is 15.5. The van der Waals surface area contributed by atoms with E-state index in [0.29, 0.717) is 6.42 Å². The van der Waals surface area contributed by atoms with E-state index in [1.807, 2.05) is 12.3 Å². The standard InChI is InChI=1S/C14H18N4OS/c1-10-16-17-13-4-3-12(8-18(10)13)15-14(19)5-2-11-6-7-20-9-11/h6-7,9,12H,2-5,8H2,1H3,(H,15,19)/t12-/m0/s1. The minimum absolute atomic E-state index is 0.135. The highest BCUT2D eigenvalue weighted by molar-refractivity contribution is 7.07. The number of nitrogens with zero attached hydrogens (tertiary/aromatic N) is 3. The van der Waals surface area contributed by atoms with Gasteiger partial charge < -0.3 is 9.88 Å². The molecular weight excluding hydrogens is 272 g/mol. The molecule has 0 saturated carbocycles. The maximum absolute atomic E-state index is 12.0. The van der Waals surface area contributed by atoms with Crippen molar-refractivity contribution in [1.29, 1.82) is 0 Å². The van der Waals surface area contributed by atoms with Gasteiger partial charge in [0.2, 0.25) is 5.91 Å². The number of carbonyl (C=O) groups excluding carboxylic acids is 1. The third kappa shape index (κ3) is 2.90. The first-order valence-electron chi connectivity index (χ1n) is 6.91. The molecule has 3 heterocycles. The van der Waals surface area contributed by atoms with Crippen LogP contribution in [0.3, 0.4) is 0 Å². The largest absolute Gasteiger partial charge is 0.352 e. The van der Waals surface area contributed by atoms with Crippen molar-refractivity contribution in [3.05, 3.63) is 34.0 Å². The Balaban J connectivity index is 1.51. The first kappa shape index (κ1) is 13.3. The molecule has 1 aliphatic heterocycles.